The number of rotatable bonds is 9. The highest BCUT2D eigenvalue weighted by Gasteiger charge is 2.13. The van der Waals surface area contributed by atoms with Crippen molar-refractivity contribution in [3.8, 4) is 5.75 Å². The van der Waals surface area contributed by atoms with Gasteiger partial charge in [0, 0.05) is 24.5 Å². The van der Waals surface area contributed by atoms with Crippen molar-refractivity contribution in [3.05, 3.63) is 29.8 Å². The molecular weight excluding hydrogens is 246 g/mol. The van der Waals surface area contributed by atoms with E-state index in [0.29, 0.717) is 19.3 Å². The maximum absolute atomic E-state index is 5.77. The summed E-state index contributed by atoms with van der Waals surface area (Å²) < 4.78 is 10.8. The Morgan fingerprint density at radius 3 is 2.72 bits per heavy atom. The lowest BCUT2D eigenvalue weighted by atomic mass is 10.1. The normalized spacial score (nSPS) is 12.4. The summed E-state index contributed by atoms with van der Waals surface area (Å²) in [5.74, 6) is 3.13. The van der Waals surface area contributed by atoms with E-state index in [1.54, 1.807) is 7.11 Å². The van der Waals surface area contributed by atoms with E-state index < -0.39 is 0 Å². The first kappa shape index (κ1) is 15.3. The van der Waals surface area contributed by atoms with Crippen molar-refractivity contribution in [2.75, 3.05) is 38.9 Å². The summed E-state index contributed by atoms with van der Waals surface area (Å²) >= 11 is 1.93. The summed E-state index contributed by atoms with van der Waals surface area (Å²) in [7, 11) is 3.68. The second kappa shape index (κ2) is 9.25. The third-order valence-electron chi connectivity index (χ3n) is 2.68. The van der Waals surface area contributed by atoms with Crippen molar-refractivity contribution in [3.63, 3.8) is 0 Å². The minimum Gasteiger partial charge on any atom is -0.491 e. The second-order valence-electron chi connectivity index (χ2n) is 3.88. The van der Waals surface area contributed by atoms with Crippen LogP contribution in [0, 0.1) is 0 Å². The summed E-state index contributed by atoms with van der Waals surface area (Å²) in [4.78, 5) is 0. The molecule has 0 aliphatic carbocycles. The largest absolute Gasteiger partial charge is 0.491 e. The molecule has 0 saturated heterocycles. The third kappa shape index (κ3) is 4.88. The van der Waals surface area contributed by atoms with E-state index >= 15 is 0 Å². The smallest absolute Gasteiger partial charge is 0.124 e. The average molecular weight is 269 g/mol. The Balaban J connectivity index is 2.71. The fourth-order valence-electron chi connectivity index (χ4n) is 1.70. The molecule has 0 fully saturated rings. The molecule has 1 atom stereocenters. The van der Waals surface area contributed by atoms with Gasteiger partial charge in [-0.2, -0.15) is 11.8 Å². The van der Waals surface area contributed by atoms with E-state index in [2.05, 4.69) is 24.4 Å². The molecule has 0 aromatic heterocycles. The molecule has 1 aromatic rings. The van der Waals surface area contributed by atoms with Crippen LogP contribution in [0.4, 0.5) is 0 Å². The summed E-state index contributed by atoms with van der Waals surface area (Å²) in [6.45, 7) is 3.38. The highest BCUT2D eigenvalue weighted by atomic mass is 32.2. The van der Waals surface area contributed by atoms with Crippen LogP contribution in [0.25, 0.3) is 0 Å². The van der Waals surface area contributed by atoms with Crippen LogP contribution in [-0.4, -0.2) is 38.9 Å². The molecule has 18 heavy (non-hydrogen) atoms. The minimum absolute atomic E-state index is 0.327. The van der Waals surface area contributed by atoms with Crippen LogP contribution in [0.3, 0.4) is 0 Å². The Morgan fingerprint density at radius 1 is 1.28 bits per heavy atom. The van der Waals surface area contributed by atoms with Crippen LogP contribution in [0.15, 0.2) is 24.3 Å². The van der Waals surface area contributed by atoms with Crippen molar-refractivity contribution >= 4 is 11.8 Å². The number of hydrogen-bond donors (Lipinski definition) is 1. The minimum atomic E-state index is 0.327. The first-order valence-electron chi connectivity index (χ1n) is 6.29. The molecule has 0 heterocycles. The molecule has 1 aromatic carbocycles. The summed E-state index contributed by atoms with van der Waals surface area (Å²) in [6.07, 6.45) is 0. The van der Waals surface area contributed by atoms with Crippen LogP contribution in [0.5, 0.6) is 5.75 Å². The van der Waals surface area contributed by atoms with Gasteiger partial charge in [0.1, 0.15) is 12.4 Å². The standard InChI is InChI=1S/C14H23NO2S/c1-4-18-11-13(15-2)12-7-5-6-8-14(12)17-10-9-16-3/h5-8,13,15H,4,9-11H2,1-3H3. The Labute approximate surface area is 114 Å². The number of nitrogens with one attached hydrogen (secondary N) is 1. The molecule has 0 radical (unpaired) electrons. The molecule has 1 N–H and O–H groups in total. The second-order valence-corrected chi connectivity index (χ2v) is 5.20. The lowest BCUT2D eigenvalue weighted by Crippen LogP contribution is -2.20. The Kier molecular flexibility index (Phi) is 7.89. The molecule has 4 heteroatoms. The number of benzene rings is 1. The van der Waals surface area contributed by atoms with Crippen LogP contribution < -0.4 is 10.1 Å². The van der Waals surface area contributed by atoms with Gasteiger partial charge in [0.2, 0.25) is 0 Å². The molecule has 0 saturated carbocycles. The van der Waals surface area contributed by atoms with Crippen LogP contribution >= 0.6 is 11.8 Å². The Morgan fingerprint density at radius 2 is 2.06 bits per heavy atom. The van der Waals surface area contributed by atoms with Crippen LogP contribution in [0.1, 0.15) is 18.5 Å². The van der Waals surface area contributed by atoms with Gasteiger partial charge >= 0.3 is 0 Å². The molecule has 1 unspecified atom stereocenters. The lowest BCUT2D eigenvalue weighted by molar-refractivity contribution is 0.145. The Hall–Kier alpha value is -0.710. The monoisotopic (exact) mass is 269 g/mol. The third-order valence-corrected chi connectivity index (χ3v) is 3.65. The van der Waals surface area contributed by atoms with Gasteiger partial charge in [0.25, 0.3) is 0 Å². The van der Waals surface area contributed by atoms with Crippen LogP contribution in [0.2, 0.25) is 0 Å². The first-order valence-corrected chi connectivity index (χ1v) is 7.44. The quantitative estimate of drug-likeness (QED) is 0.698. The summed E-state index contributed by atoms with van der Waals surface area (Å²) in [6, 6.07) is 8.53. The zero-order chi connectivity index (χ0) is 13.2. The number of methoxy groups -OCH3 is 1. The van der Waals surface area contributed by atoms with Gasteiger partial charge in [-0.1, -0.05) is 25.1 Å². The molecule has 0 aliphatic rings. The van der Waals surface area contributed by atoms with Crippen molar-refractivity contribution in [1.82, 2.24) is 5.32 Å². The van der Waals surface area contributed by atoms with E-state index in [1.807, 2.05) is 30.9 Å². The van der Waals surface area contributed by atoms with E-state index in [-0.39, 0.29) is 0 Å². The van der Waals surface area contributed by atoms with E-state index in [9.17, 15) is 0 Å². The molecule has 0 aliphatic heterocycles. The van der Waals surface area contributed by atoms with E-state index in [1.165, 1.54) is 5.56 Å². The van der Waals surface area contributed by atoms with Gasteiger partial charge in [-0.15, -0.1) is 0 Å². The van der Waals surface area contributed by atoms with Crippen molar-refractivity contribution in [2.24, 2.45) is 0 Å². The van der Waals surface area contributed by atoms with Gasteiger partial charge in [0.15, 0.2) is 0 Å². The molecule has 0 amide bonds. The highest BCUT2D eigenvalue weighted by molar-refractivity contribution is 7.99. The SMILES string of the molecule is CCSCC(NC)c1ccccc1OCCOC. The summed E-state index contributed by atoms with van der Waals surface area (Å²) in [5, 5.41) is 3.35. The first-order chi connectivity index (χ1) is 8.83. The molecule has 1 rings (SSSR count). The Bertz CT molecular complexity index is 333. The summed E-state index contributed by atoms with van der Waals surface area (Å²) in [5.41, 5.74) is 1.22. The van der Waals surface area contributed by atoms with Gasteiger partial charge in [-0.05, 0) is 18.9 Å². The van der Waals surface area contributed by atoms with Gasteiger partial charge in [-0.25, -0.2) is 0 Å². The molecule has 102 valence electrons. The van der Waals surface area contributed by atoms with Crippen molar-refractivity contribution in [2.45, 2.75) is 13.0 Å². The van der Waals surface area contributed by atoms with Crippen molar-refractivity contribution in [1.29, 1.82) is 0 Å². The molecule has 0 spiro atoms. The maximum atomic E-state index is 5.77. The average Bonchev–Trinajstić information content (AvgIpc) is 2.41. The maximum Gasteiger partial charge on any atom is 0.124 e. The fraction of sp³-hybridized carbons (Fsp3) is 0.571. The molecular formula is C14H23NO2S. The zero-order valence-electron chi connectivity index (χ0n) is 11.4. The van der Waals surface area contributed by atoms with Crippen molar-refractivity contribution < 1.29 is 9.47 Å². The number of ether oxygens (including phenoxy) is 2. The van der Waals surface area contributed by atoms with E-state index in [0.717, 1.165) is 17.3 Å². The predicted molar refractivity (Wildman–Crippen MR) is 78.6 cm³/mol. The predicted octanol–water partition coefficient (Wildman–Crippen LogP) is 2.73. The molecule has 3 nitrogen and oxygen atoms in total. The van der Waals surface area contributed by atoms with Gasteiger partial charge < -0.3 is 14.8 Å². The number of hydrogen-bond acceptors (Lipinski definition) is 4. The van der Waals surface area contributed by atoms with Gasteiger partial charge in [-0.3, -0.25) is 0 Å². The highest BCUT2D eigenvalue weighted by Crippen LogP contribution is 2.27. The zero-order valence-corrected chi connectivity index (χ0v) is 12.3. The molecule has 0 bridgehead atoms. The van der Waals surface area contributed by atoms with Gasteiger partial charge in [0.05, 0.1) is 6.61 Å². The van der Waals surface area contributed by atoms with Crippen LogP contribution in [-0.2, 0) is 4.74 Å². The lowest BCUT2D eigenvalue weighted by Gasteiger charge is -2.19. The number of thioether (sulfide) groups is 1. The van der Waals surface area contributed by atoms with E-state index in [4.69, 9.17) is 9.47 Å². The fourth-order valence-corrected chi connectivity index (χ4v) is 2.52. The number of para-hydroxylation sites is 1. The topological polar surface area (TPSA) is 30.5 Å².